The Morgan fingerprint density at radius 1 is 1.18 bits per heavy atom. The van der Waals surface area contributed by atoms with Crippen LogP contribution < -0.4 is 4.90 Å². The fourth-order valence-corrected chi connectivity index (χ4v) is 8.86. The first kappa shape index (κ1) is 28.4. The van der Waals surface area contributed by atoms with Gasteiger partial charge >= 0.3 is 0 Å². The van der Waals surface area contributed by atoms with Crippen LogP contribution in [-0.4, -0.2) is 80.9 Å². The fourth-order valence-electron chi connectivity index (χ4n) is 6.67. The van der Waals surface area contributed by atoms with E-state index in [2.05, 4.69) is 20.1 Å². The Labute approximate surface area is 230 Å². The molecule has 3 aliphatic rings. The molecule has 206 valence electrons. The number of aliphatic hydroxyl groups excluding tert-OH is 1. The molecule has 8 heteroatoms. The number of amides is 3. The highest BCUT2D eigenvalue weighted by Crippen LogP contribution is 2.67. The van der Waals surface area contributed by atoms with Crippen molar-refractivity contribution < 1.29 is 19.5 Å². The molecule has 1 spiro atoms. The van der Waals surface area contributed by atoms with Gasteiger partial charge < -0.3 is 19.8 Å². The van der Waals surface area contributed by atoms with Gasteiger partial charge in [-0.1, -0.05) is 50.6 Å². The summed E-state index contributed by atoms with van der Waals surface area (Å²) in [7, 11) is 0. The highest BCUT2D eigenvalue weighted by Gasteiger charge is 2.74. The first-order chi connectivity index (χ1) is 18.4. The number of anilines is 1. The Hall–Kier alpha value is -2.58. The second-order valence-corrected chi connectivity index (χ2v) is 12.1. The van der Waals surface area contributed by atoms with E-state index in [1.54, 1.807) is 38.6 Å². The quantitative estimate of drug-likeness (QED) is 0.385. The molecule has 7 nitrogen and oxygen atoms in total. The smallest absolute Gasteiger partial charge is 0.247 e. The monoisotopic (exact) mass is 539 g/mol. The molecule has 2 unspecified atom stereocenters. The number of aliphatic hydroxyl groups is 1. The number of carbonyl (C=O) groups excluding carboxylic acids is 3. The summed E-state index contributed by atoms with van der Waals surface area (Å²) in [4.78, 5) is 48.0. The van der Waals surface area contributed by atoms with Crippen LogP contribution in [0.15, 0.2) is 55.6 Å². The van der Waals surface area contributed by atoms with Crippen LogP contribution in [0.3, 0.4) is 0 Å². The van der Waals surface area contributed by atoms with Crippen LogP contribution in [-0.2, 0) is 14.4 Å². The summed E-state index contributed by atoms with van der Waals surface area (Å²) >= 11 is 1.67. The standard InChI is InChI=1S/C30H41N3O4S/c1-5-9-19-31(17-6-2)29(37)26-30-16-15-23(38-30)24(25(30)28(36)33(26)21(8-4)20-34)27(35)32(18-7-3)22-13-11-10-12-14-22/h6-7,10-14,21,23-26,34H,2-3,5,8-9,15-20H2,1,4H3/t21-,23+,24-,25-,26?,30?/m0/s1. The molecule has 1 N–H and O–H groups in total. The highest BCUT2D eigenvalue weighted by molar-refractivity contribution is 8.02. The van der Waals surface area contributed by atoms with Gasteiger partial charge in [0.2, 0.25) is 17.7 Å². The van der Waals surface area contributed by atoms with Gasteiger partial charge in [0, 0.05) is 30.6 Å². The number of thioether (sulfide) groups is 1. The molecule has 3 amide bonds. The van der Waals surface area contributed by atoms with Crippen LogP contribution in [0, 0.1) is 11.8 Å². The third-order valence-electron chi connectivity index (χ3n) is 8.42. The predicted molar refractivity (Wildman–Crippen MR) is 153 cm³/mol. The Balaban J connectivity index is 1.76. The van der Waals surface area contributed by atoms with Crippen molar-refractivity contribution in [3.8, 4) is 0 Å². The second kappa shape index (κ2) is 12.1. The summed E-state index contributed by atoms with van der Waals surface area (Å²) in [5.74, 6) is -1.47. The normalized spacial score (nSPS) is 28.2. The van der Waals surface area contributed by atoms with Crippen molar-refractivity contribution in [3.05, 3.63) is 55.6 Å². The fraction of sp³-hybridized carbons (Fsp3) is 0.567. The molecule has 0 aromatic heterocycles. The molecule has 3 heterocycles. The van der Waals surface area contributed by atoms with E-state index in [1.807, 2.05) is 37.3 Å². The van der Waals surface area contributed by atoms with Gasteiger partial charge in [0.25, 0.3) is 0 Å². The van der Waals surface area contributed by atoms with Gasteiger partial charge in [-0.2, -0.15) is 0 Å². The number of hydrogen-bond donors (Lipinski definition) is 1. The summed E-state index contributed by atoms with van der Waals surface area (Å²) in [6, 6.07) is 8.31. The average molecular weight is 540 g/mol. The van der Waals surface area contributed by atoms with Gasteiger partial charge in [0.05, 0.1) is 29.2 Å². The van der Waals surface area contributed by atoms with Gasteiger partial charge in [-0.05, 0) is 37.8 Å². The molecule has 2 bridgehead atoms. The topological polar surface area (TPSA) is 81.2 Å². The summed E-state index contributed by atoms with van der Waals surface area (Å²) in [5.41, 5.74) is 0.771. The SMILES string of the molecule is C=CCN(CCCC)C(=O)C1N([C@@H](CC)CO)C(=O)[C@@H]2[C@@H](C(=O)N(CC=C)c3ccccc3)[C@H]3CCC12S3. The number of rotatable bonds is 13. The summed E-state index contributed by atoms with van der Waals surface area (Å²) in [6.07, 6.45) is 7.26. The highest BCUT2D eigenvalue weighted by atomic mass is 32.2. The van der Waals surface area contributed by atoms with Crippen LogP contribution in [0.1, 0.15) is 46.0 Å². The van der Waals surface area contributed by atoms with Crippen molar-refractivity contribution in [1.29, 1.82) is 0 Å². The lowest BCUT2D eigenvalue weighted by Crippen LogP contribution is -2.57. The molecule has 0 aliphatic carbocycles. The average Bonchev–Trinajstić information content (AvgIpc) is 3.58. The minimum Gasteiger partial charge on any atom is -0.394 e. The van der Waals surface area contributed by atoms with Gasteiger partial charge in [-0.25, -0.2) is 0 Å². The van der Waals surface area contributed by atoms with Crippen molar-refractivity contribution in [2.75, 3.05) is 31.1 Å². The molecular formula is C30H41N3O4S. The number of fused-ring (bicyclic) bond motifs is 1. The van der Waals surface area contributed by atoms with E-state index in [-0.39, 0.29) is 29.6 Å². The van der Waals surface area contributed by atoms with Crippen LogP contribution in [0.4, 0.5) is 5.69 Å². The Bertz CT molecular complexity index is 1050. The van der Waals surface area contributed by atoms with Crippen LogP contribution in [0.25, 0.3) is 0 Å². The zero-order chi connectivity index (χ0) is 27.4. The number of benzene rings is 1. The zero-order valence-electron chi connectivity index (χ0n) is 22.6. The minimum absolute atomic E-state index is 0.0253. The molecule has 38 heavy (non-hydrogen) atoms. The Morgan fingerprint density at radius 3 is 2.50 bits per heavy atom. The van der Waals surface area contributed by atoms with E-state index in [0.717, 1.165) is 24.9 Å². The van der Waals surface area contributed by atoms with E-state index < -0.39 is 28.7 Å². The van der Waals surface area contributed by atoms with Gasteiger partial charge in [0.15, 0.2) is 0 Å². The maximum Gasteiger partial charge on any atom is 0.247 e. The van der Waals surface area contributed by atoms with E-state index in [4.69, 9.17) is 0 Å². The molecule has 3 aliphatic heterocycles. The maximum absolute atomic E-state index is 14.3. The zero-order valence-corrected chi connectivity index (χ0v) is 23.4. The van der Waals surface area contributed by atoms with E-state index in [1.165, 1.54) is 0 Å². The number of nitrogens with zero attached hydrogens (tertiary/aromatic N) is 3. The van der Waals surface area contributed by atoms with Gasteiger partial charge in [-0.3, -0.25) is 14.4 Å². The third kappa shape index (κ3) is 4.70. The van der Waals surface area contributed by atoms with Crippen molar-refractivity contribution in [3.63, 3.8) is 0 Å². The number of likely N-dealkylation sites (tertiary alicyclic amines) is 1. The number of para-hydroxylation sites is 1. The Morgan fingerprint density at radius 2 is 1.89 bits per heavy atom. The Kier molecular flexibility index (Phi) is 9.04. The van der Waals surface area contributed by atoms with Crippen molar-refractivity contribution in [2.45, 2.75) is 68.0 Å². The minimum atomic E-state index is -0.703. The van der Waals surface area contributed by atoms with E-state index in [9.17, 15) is 19.5 Å². The molecule has 4 rings (SSSR count). The van der Waals surface area contributed by atoms with Crippen LogP contribution in [0.2, 0.25) is 0 Å². The second-order valence-electron chi connectivity index (χ2n) is 10.5. The first-order valence-electron chi connectivity index (χ1n) is 13.9. The predicted octanol–water partition coefficient (Wildman–Crippen LogP) is 3.88. The molecule has 0 saturated carbocycles. The van der Waals surface area contributed by atoms with Crippen molar-refractivity contribution in [2.24, 2.45) is 11.8 Å². The van der Waals surface area contributed by atoms with Crippen molar-refractivity contribution in [1.82, 2.24) is 9.80 Å². The molecule has 3 saturated heterocycles. The number of unbranched alkanes of at least 4 members (excludes halogenated alkanes) is 1. The first-order valence-corrected chi connectivity index (χ1v) is 14.8. The maximum atomic E-state index is 14.3. The molecule has 1 aromatic carbocycles. The lowest BCUT2D eigenvalue weighted by Gasteiger charge is -2.39. The van der Waals surface area contributed by atoms with Gasteiger partial charge in [-0.15, -0.1) is 24.9 Å². The molecular weight excluding hydrogens is 498 g/mol. The third-order valence-corrected chi connectivity index (χ3v) is 10.4. The lowest BCUT2D eigenvalue weighted by molar-refractivity contribution is -0.145. The summed E-state index contributed by atoms with van der Waals surface area (Å²) < 4.78 is -0.677. The summed E-state index contributed by atoms with van der Waals surface area (Å²) in [6.45, 7) is 12.8. The largest absolute Gasteiger partial charge is 0.394 e. The lowest BCUT2D eigenvalue weighted by atomic mass is 9.70. The molecule has 1 aromatic rings. The summed E-state index contributed by atoms with van der Waals surface area (Å²) in [5, 5.41) is 10.2. The van der Waals surface area contributed by atoms with E-state index in [0.29, 0.717) is 32.5 Å². The number of hydrogen-bond acceptors (Lipinski definition) is 5. The molecule has 0 radical (unpaired) electrons. The van der Waals surface area contributed by atoms with E-state index >= 15 is 0 Å². The molecule has 6 atom stereocenters. The van der Waals surface area contributed by atoms with Gasteiger partial charge in [0.1, 0.15) is 6.04 Å². The number of carbonyl (C=O) groups is 3. The van der Waals surface area contributed by atoms with Crippen LogP contribution >= 0.6 is 11.8 Å². The van der Waals surface area contributed by atoms with Crippen LogP contribution in [0.5, 0.6) is 0 Å². The van der Waals surface area contributed by atoms with Crippen molar-refractivity contribution >= 4 is 35.2 Å². The molecule has 3 fully saturated rings.